The van der Waals surface area contributed by atoms with Gasteiger partial charge in [0.1, 0.15) is 17.2 Å². The number of nitrogens with zero attached hydrogens (tertiary/aromatic N) is 2. The molecule has 170 valence electrons. The number of aromatic nitrogens is 2. The molecule has 0 aliphatic rings. The molecule has 34 heavy (non-hydrogen) atoms. The highest BCUT2D eigenvalue weighted by atomic mass is 32.1. The Morgan fingerprint density at radius 1 is 0.941 bits per heavy atom. The van der Waals surface area contributed by atoms with Gasteiger partial charge < -0.3 is 19.5 Å². The second-order valence-electron chi connectivity index (χ2n) is 8.03. The molecule has 0 fully saturated rings. The van der Waals surface area contributed by atoms with Gasteiger partial charge in [-0.15, -0.1) is 11.3 Å². The number of phenols is 2. The van der Waals surface area contributed by atoms with Crippen molar-refractivity contribution >= 4 is 33.6 Å². The molecule has 0 radical (unpaired) electrons. The first kappa shape index (κ1) is 21.8. The summed E-state index contributed by atoms with van der Waals surface area (Å²) in [5.41, 5.74) is 2.92. The second-order valence-corrected chi connectivity index (χ2v) is 9.08. The van der Waals surface area contributed by atoms with Gasteiger partial charge in [-0.25, -0.2) is 4.98 Å². The SMILES string of the molecule is CCCn1cnc(C=Cc2ccc(Oc3c(-c4ccc(O)cc4)sc4cc(O)ccc34)cc2)c1. The maximum atomic E-state index is 9.94. The molecule has 2 heterocycles. The van der Waals surface area contributed by atoms with Crippen molar-refractivity contribution in [3.05, 3.63) is 90.5 Å². The van der Waals surface area contributed by atoms with Gasteiger partial charge in [0.05, 0.1) is 16.9 Å². The Morgan fingerprint density at radius 3 is 2.47 bits per heavy atom. The van der Waals surface area contributed by atoms with Crippen LogP contribution in [0.3, 0.4) is 0 Å². The fourth-order valence-electron chi connectivity index (χ4n) is 3.76. The quantitative estimate of drug-likeness (QED) is 0.259. The predicted molar refractivity (Wildman–Crippen MR) is 139 cm³/mol. The van der Waals surface area contributed by atoms with Crippen LogP contribution in [0.1, 0.15) is 24.6 Å². The minimum Gasteiger partial charge on any atom is -0.508 e. The summed E-state index contributed by atoms with van der Waals surface area (Å²) in [7, 11) is 0. The smallest absolute Gasteiger partial charge is 0.153 e. The molecule has 2 aromatic heterocycles. The second kappa shape index (κ2) is 9.45. The third kappa shape index (κ3) is 4.67. The number of fused-ring (bicyclic) bond motifs is 1. The van der Waals surface area contributed by atoms with E-state index >= 15 is 0 Å². The largest absolute Gasteiger partial charge is 0.508 e. The zero-order valence-electron chi connectivity index (χ0n) is 18.7. The van der Waals surface area contributed by atoms with Crippen LogP contribution in [0.25, 0.3) is 32.7 Å². The standard InChI is InChI=1S/C28H24N2O3S/c1-2-15-30-17-21(29-18-30)8-3-19-4-12-24(13-5-19)33-27-25-14-11-23(32)16-26(25)34-28(27)20-6-9-22(31)10-7-20/h3-14,16-18,31-32H,2,15H2,1H3. The summed E-state index contributed by atoms with van der Waals surface area (Å²) < 4.78 is 9.38. The number of rotatable bonds is 7. The summed E-state index contributed by atoms with van der Waals surface area (Å²) >= 11 is 1.54. The minimum atomic E-state index is 0.214. The molecule has 6 heteroatoms. The highest BCUT2D eigenvalue weighted by Gasteiger charge is 2.17. The number of benzene rings is 3. The van der Waals surface area contributed by atoms with Gasteiger partial charge in [-0.3, -0.25) is 0 Å². The van der Waals surface area contributed by atoms with Gasteiger partial charge in [0.2, 0.25) is 0 Å². The molecule has 0 unspecified atom stereocenters. The van der Waals surface area contributed by atoms with E-state index in [0.717, 1.165) is 56.2 Å². The number of phenolic OH excluding ortho intramolecular Hbond substituents is 2. The van der Waals surface area contributed by atoms with E-state index in [1.807, 2.05) is 67.1 Å². The Morgan fingerprint density at radius 2 is 1.71 bits per heavy atom. The predicted octanol–water partition coefficient (Wildman–Crippen LogP) is 7.55. The monoisotopic (exact) mass is 468 g/mol. The van der Waals surface area contributed by atoms with Crippen LogP contribution in [0.15, 0.2) is 79.3 Å². The van der Waals surface area contributed by atoms with Crippen LogP contribution < -0.4 is 4.74 Å². The number of hydrogen-bond acceptors (Lipinski definition) is 5. The molecule has 0 aliphatic carbocycles. The Balaban J connectivity index is 1.41. The number of imidazole rings is 1. The first-order valence-electron chi connectivity index (χ1n) is 11.1. The van der Waals surface area contributed by atoms with Crippen molar-refractivity contribution in [1.29, 1.82) is 0 Å². The lowest BCUT2D eigenvalue weighted by Crippen LogP contribution is -1.90. The molecule has 0 saturated heterocycles. The Hall–Kier alpha value is -4.03. The molecule has 0 atom stereocenters. The lowest BCUT2D eigenvalue weighted by molar-refractivity contribution is 0.475. The Labute approximate surface area is 201 Å². The zero-order valence-corrected chi connectivity index (χ0v) is 19.5. The lowest BCUT2D eigenvalue weighted by Gasteiger charge is -2.09. The van der Waals surface area contributed by atoms with Crippen LogP contribution in [-0.2, 0) is 6.54 Å². The zero-order chi connectivity index (χ0) is 23.5. The van der Waals surface area contributed by atoms with Gasteiger partial charge in [-0.1, -0.05) is 25.1 Å². The summed E-state index contributed by atoms with van der Waals surface area (Å²) in [5.74, 6) is 1.88. The minimum absolute atomic E-state index is 0.214. The number of ether oxygens (including phenoxy) is 1. The van der Waals surface area contributed by atoms with E-state index in [-0.39, 0.29) is 11.5 Å². The third-order valence-corrected chi connectivity index (χ3v) is 6.62. The van der Waals surface area contributed by atoms with Crippen LogP contribution in [0.5, 0.6) is 23.0 Å². The average molecular weight is 469 g/mol. The number of thiophene rings is 1. The summed E-state index contributed by atoms with van der Waals surface area (Å²) in [6.07, 6.45) is 9.02. The average Bonchev–Trinajstić information content (AvgIpc) is 3.43. The van der Waals surface area contributed by atoms with Crippen molar-refractivity contribution in [2.24, 2.45) is 0 Å². The highest BCUT2D eigenvalue weighted by Crippen LogP contribution is 2.47. The van der Waals surface area contributed by atoms with E-state index in [4.69, 9.17) is 4.74 Å². The first-order chi connectivity index (χ1) is 16.6. The third-order valence-electron chi connectivity index (χ3n) is 5.44. The topological polar surface area (TPSA) is 67.5 Å². The van der Waals surface area contributed by atoms with Crippen LogP contribution in [0.2, 0.25) is 0 Å². The maximum absolute atomic E-state index is 9.94. The van der Waals surface area contributed by atoms with Crippen molar-refractivity contribution in [2.75, 3.05) is 0 Å². The van der Waals surface area contributed by atoms with E-state index in [0.29, 0.717) is 0 Å². The summed E-state index contributed by atoms with van der Waals surface area (Å²) in [6, 6.07) is 20.2. The molecular formula is C28H24N2O3S. The number of aromatic hydroxyl groups is 2. The Kier molecular flexibility index (Phi) is 6.06. The molecule has 0 spiro atoms. The first-order valence-corrected chi connectivity index (χ1v) is 11.9. The van der Waals surface area contributed by atoms with E-state index < -0.39 is 0 Å². The summed E-state index contributed by atoms with van der Waals surface area (Å²) in [4.78, 5) is 5.35. The molecule has 0 saturated carbocycles. The van der Waals surface area contributed by atoms with Crippen LogP contribution in [0.4, 0.5) is 0 Å². The van der Waals surface area contributed by atoms with Crippen molar-refractivity contribution in [3.63, 3.8) is 0 Å². The summed E-state index contributed by atoms with van der Waals surface area (Å²) in [5, 5.41) is 20.5. The Bertz CT molecular complexity index is 1450. The summed E-state index contributed by atoms with van der Waals surface area (Å²) in [6.45, 7) is 3.12. The fraction of sp³-hybridized carbons (Fsp3) is 0.107. The number of aryl methyl sites for hydroxylation is 1. The molecule has 5 rings (SSSR count). The van der Waals surface area contributed by atoms with E-state index in [2.05, 4.69) is 16.5 Å². The van der Waals surface area contributed by atoms with Gasteiger partial charge in [0.15, 0.2) is 5.75 Å². The number of hydrogen-bond donors (Lipinski definition) is 2. The highest BCUT2D eigenvalue weighted by molar-refractivity contribution is 7.22. The van der Waals surface area contributed by atoms with Gasteiger partial charge in [-0.05, 0) is 78.2 Å². The molecule has 3 aromatic carbocycles. The van der Waals surface area contributed by atoms with Crippen molar-refractivity contribution < 1.29 is 14.9 Å². The van der Waals surface area contributed by atoms with Crippen LogP contribution in [-0.4, -0.2) is 19.8 Å². The van der Waals surface area contributed by atoms with Gasteiger partial charge in [0.25, 0.3) is 0 Å². The molecule has 5 aromatic rings. The maximum Gasteiger partial charge on any atom is 0.153 e. The van der Waals surface area contributed by atoms with Gasteiger partial charge in [-0.2, -0.15) is 0 Å². The lowest BCUT2D eigenvalue weighted by atomic mass is 10.1. The van der Waals surface area contributed by atoms with Crippen molar-refractivity contribution in [3.8, 4) is 33.4 Å². The normalized spacial score (nSPS) is 11.4. The fourth-order valence-corrected chi connectivity index (χ4v) is 4.92. The molecule has 0 bridgehead atoms. The van der Waals surface area contributed by atoms with Gasteiger partial charge >= 0.3 is 0 Å². The molecule has 5 nitrogen and oxygen atoms in total. The molecular weight excluding hydrogens is 444 g/mol. The molecule has 0 aliphatic heterocycles. The van der Waals surface area contributed by atoms with Crippen molar-refractivity contribution in [1.82, 2.24) is 9.55 Å². The van der Waals surface area contributed by atoms with Crippen LogP contribution in [0, 0.1) is 0 Å². The van der Waals surface area contributed by atoms with Crippen LogP contribution >= 0.6 is 11.3 Å². The molecule has 2 N–H and O–H groups in total. The molecule has 0 amide bonds. The van der Waals surface area contributed by atoms with E-state index in [1.165, 1.54) is 0 Å². The van der Waals surface area contributed by atoms with E-state index in [9.17, 15) is 10.2 Å². The van der Waals surface area contributed by atoms with E-state index in [1.54, 1.807) is 35.6 Å². The van der Waals surface area contributed by atoms with Crippen molar-refractivity contribution in [2.45, 2.75) is 19.9 Å². The van der Waals surface area contributed by atoms with Gasteiger partial charge in [0, 0.05) is 22.8 Å².